The van der Waals surface area contributed by atoms with E-state index in [1.165, 1.54) is 6.42 Å². The maximum Gasteiger partial charge on any atom is 0.231 e. The highest BCUT2D eigenvalue weighted by Gasteiger charge is 2.26. The third kappa shape index (κ3) is 3.80. The van der Waals surface area contributed by atoms with Crippen LogP contribution in [0.15, 0.2) is 36.4 Å². The smallest absolute Gasteiger partial charge is 0.231 e. The summed E-state index contributed by atoms with van der Waals surface area (Å²) in [6, 6.07) is 11.1. The van der Waals surface area contributed by atoms with E-state index in [1.54, 1.807) is 18.2 Å². The minimum Gasteiger partial charge on any atom is -0.296 e. The Labute approximate surface area is 167 Å². The molecule has 1 aliphatic rings. The molecule has 0 atom stereocenters. The Morgan fingerprint density at radius 1 is 1.19 bits per heavy atom. The van der Waals surface area contributed by atoms with Gasteiger partial charge in [-0.05, 0) is 49.1 Å². The fraction of sp³-hybridized carbons (Fsp3) is 0.278. The lowest BCUT2D eigenvalue weighted by Gasteiger charge is -2.28. The molecule has 1 fully saturated rings. The molecule has 136 valence electrons. The average Bonchev–Trinajstić information content (AvgIpc) is 2.83. The van der Waals surface area contributed by atoms with Crippen LogP contribution >= 0.6 is 35.6 Å². The van der Waals surface area contributed by atoms with Crippen LogP contribution in [0.5, 0.6) is 0 Å². The summed E-state index contributed by atoms with van der Waals surface area (Å²) >= 11 is 12.0. The number of anilines is 1. The van der Waals surface area contributed by atoms with E-state index >= 15 is 0 Å². The van der Waals surface area contributed by atoms with Crippen molar-refractivity contribution in [1.82, 2.24) is 14.5 Å². The Morgan fingerprint density at radius 3 is 2.69 bits per heavy atom. The summed E-state index contributed by atoms with van der Waals surface area (Å²) < 4.78 is 2.00. The molecule has 1 N–H and O–H groups in total. The third-order valence-electron chi connectivity index (χ3n) is 4.45. The highest BCUT2D eigenvalue weighted by molar-refractivity contribution is 6.30. The summed E-state index contributed by atoms with van der Waals surface area (Å²) in [5, 5.41) is 3.96. The summed E-state index contributed by atoms with van der Waals surface area (Å²) in [5.74, 6) is 0.394. The molecule has 5 nitrogen and oxygen atoms in total. The number of nitrogens with zero attached hydrogens (tertiary/aromatic N) is 3. The second-order valence-corrected chi connectivity index (χ2v) is 7.05. The van der Waals surface area contributed by atoms with Gasteiger partial charge in [-0.2, -0.15) is 0 Å². The van der Waals surface area contributed by atoms with Gasteiger partial charge in [0, 0.05) is 11.1 Å². The number of fused-ring (bicyclic) bond motifs is 1. The predicted octanol–water partition coefficient (Wildman–Crippen LogP) is 5.07. The zero-order valence-electron chi connectivity index (χ0n) is 13.8. The molecule has 0 aliphatic heterocycles. The van der Waals surface area contributed by atoms with E-state index in [9.17, 15) is 4.79 Å². The molecule has 1 aliphatic carbocycles. The number of aromatic nitrogens is 3. The first-order valence-corrected chi connectivity index (χ1v) is 8.94. The van der Waals surface area contributed by atoms with Gasteiger partial charge in [0.05, 0.1) is 6.42 Å². The number of hydrogen-bond donors (Lipinski definition) is 1. The Balaban J connectivity index is 0.00000196. The number of imidazole rings is 1. The van der Waals surface area contributed by atoms with Crippen molar-refractivity contribution in [3.63, 3.8) is 0 Å². The summed E-state index contributed by atoms with van der Waals surface area (Å²) in [6.45, 7) is 0. The first kappa shape index (κ1) is 19.0. The van der Waals surface area contributed by atoms with Crippen molar-refractivity contribution in [2.75, 3.05) is 5.32 Å². The molecule has 26 heavy (non-hydrogen) atoms. The van der Waals surface area contributed by atoms with Crippen LogP contribution in [0.4, 0.5) is 5.95 Å². The lowest BCUT2D eigenvalue weighted by atomic mass is 9.93. The second-order valence-electron chi connectivity index (χ2n) is 6.22. The van der Waals surface area contributed by atoms with Crippen LogP contribution in [0, 0.1) is 0 Å². The van der Waals surface area contributed by atoms with Gasteiger partial charge in [0.1, 0.15) is 10.7 Å². The van der Waals surface area contributed by atoms with Gasteiger partial charge < -0.3 is 0 Å². The Hall–Kier alpha value is -1.82. The summed E-state index contributed by atoms with van der Waals surface area (Å²) in [7, 11) is 0. The zero-order chi connectivity index (χ0) is 17.4. The van der Waals surface area contributed by atoms with Crippen molar-refractivity contribution in [2.45, 2.75) is 31.7 Å². The van der Waals surface area contributed by atoms with E-state index in [-0.39, 0.29) is 24.7 Å². The number of benzene rings is 1. The lowest BCUT2D eigenvalue weighted by molar-refractivity contribution is -0.115. The highest BCUT2D eigenvalue weighted by Crippen LogP contribution is 2.36. The number of halogens is 3. The van der Waals surface area contributed by atoms with E-state index in [2.05, 4.69) is 15.3 Å². The topological polar surface area (TPSA) is 59.8 Å². The fourth-order valence-corrected chi connectivity index (χ4v) is 3.39. The third-order valence-corrected chi connectivity index (χ3v) is 4.89. The quantitative estimate of drug-likeness (QED) is 0.610. The van der Waals surface area contributed by atoms with Crippen molar-refractivity contribution in [2.24, 2.45) is 0 Å². The molecule has 2 heterocycles. The predicted molar refractivity (Wildman–Crippen MR) is 106 cm³/mol. The molecule has 0 saturated heterocycles. The number of carbonyl (C=O) groups is 1. The molecule has 0 bridgehead atoms. The van der Waals surface area contributed by atoms with Crippen molar-refractivity contribution in [3.05, 3.63) is 52.1 Å². The Kier molecular flexibility index (Phi) is 5.70. The van der Waals surface area contributed by atoms with Gasteiger partial charge >= 0.3 is 0 Å². The average molecular weight is 412 g/mol. The van der Waals surface area contributed by atoms with Crippen molar-refractivity contribution in [3.8, 4) is 0 Å². The number of amides is 1. The highest BCUT2D eigenvalue weighted by atomic mass is 35.5. The molecular formula is C18H17Cl3N4O. The first-order valence-electron chi connectivity index (χ1n) is 8.19. The standard InChI is InChI=1S/C18H16Cl2N4O.ClH/c19-12-4-1-3-11(9-12)10-16(25)23-18-21-14-7-8-15(20)22-17(14)24(18)13-5-2-6-13;/h1,3-4,7-9,13H,2,5-6,10H2,(H,21,23,25);1H. The van der Waals surface area contributed by atoms with Gasteiger partial charge in [-0.1, -0.05) is 35.3 Å². The van der Waals surface area contributed by atoms with Crippen molar-refractivity contribution >= 4 is 58.6 Å². The van der Waals surface area contributed by atoms with Crippen molar-refractivity contribution in [1.29, 1.82) is 0 Å². The molecule has 0 radical (unpaired) electrons. The molecular weight excluding hydrogens is 395 g/mol. The van der Waals surface area contributed by atoms with Crippen LogP contribution in [-0.4, -0.2) is 20.4 Å². The second kappa shape index (κ2) is 7.82. The summed E-state index contributed by atoms with van der Waals surface area (Å²) in [6.07, 6.45) is 3.51. The van der Waals surface area contributed by atoms with E-state index in [1.807, 2.05) is 22.8 Å². The molecule has 1 saturated carbocycles. The number of nitrogens with one attached hydrogen (secondary N) is 1. The fourth-order valence-electron chi connectivity index (χ4n) is 3.03. The number of hydrogen-bond acceptors (Lipinski definition) is 3. The number of rotatable bonds is 4. The normalized spacial score (nSPS) is 13.9. The van der Waals surface area contributed by atoms with Gasteiger partial charge in [-0.15, -0.1) is 12.4 Å². The Morgan fingerprint density at radius 2 is 2.00 bits per heavy atom. The van der Waals surface area contributed by atoms with Crippen LogP contribution in [0.2, 0.25) is 10.2 Å². The lowest BCUT2D eigenvalue weighted by Crippen LogP contribution is -2.23. The maximum atomic E-state index is 12.5. The number of carbonyl (C=O) groups excluding carboxylic acids is 1. The van der Waals surface area contributed by atoms with E-state index in [4.69, 9.17) is 23.2 Å². The zero-order valence-corrected chi connectivity index (χ0v) is 16.1. The largest absolute Gasteiger partial charge is 0.296 e. The SMILES string of the molecule is Cl.O=C(Cc1cccc(Cl)c1)Nc1nc2ccc(Cl)nc2n1C1CCC1. The van der Waals surface area contributed by atoms with E-state index in [0.717, 1.165) is 29.6 Å². The maximum absolute atomic E-state index is 12.5. The minimum atomic E-state index is -0.135. The summed E-state index contributed by atoms with van der Waals surface area (Å²) in [4.78, 5) is 21.4. The minimum absolute atomic E-state index is 0. The van der Waals surface area contributed by atoms with Gasteiger partial charge in [0.25, 0.3) is 0 Å². The molecule has 2 aromatic heterocycles. The Bertz CT molecular complexity index is 953. The van der Waals surface area contributed by atoms with E-state index < -0.39 is 0 Å². The molecule has 0 unspecified atom stereocenters. The molecule has 1 amide bonds. The van der Waals surface area contributed by atoms with Gasteiger partial charge in [0.2, 0.25) is 11.9 Å². The van der Waals surface area contributed by atoms with Crippen molar-refractivity contribution < 1.29 is 4.79 Å². The molecule has 0 spiro atoms. The number of pyridine rings is 1. The molecule has 8 heteroatoms. The van der Waals surface area contributed by atoms with Crippen LogP contribution < -0.4 is 5.32 Å². The van der Waals surface area contributed by atoms with Gasteiger partial charge in [-0.25, -0.2) is 9.97 Å². The van der Waals surface area contributed by atoms with Crippen LogP contribution in [0.1, 0.15) is 30.9 Å². The molecule has 1 aromatic carbocycles. The van der Waals surface area contributed by atoms with Crippen LogP contribution in [0.3, 0.4) is 0 Å². The van der Waals surface area contributed by atoms with E-state index in [0.29, 0.717) is 22.2 Å². The van der Waals surface area contributed by atoms with Crippen LogP contribution in [0.25, 0.3) is 11.2 Å². The van der Waals surface area contributed by atoms with Gasteiger partial charge in [-0.3, -0.25) is 14.7 Å². The van der Waals surface area contributed by atoms with Gasteiger partial charge in [0.15, 0.2) is 5.65 Å². The first-order chi connectivity index (χ1) is 12.1. The summed E-state index contributed by atoms with van der Waals surface area (Å²) in [5.41, 5.74) is 2.31. The monoisotopic (exact) mass is 410 g/mol. The van der Waals surface area contributed by atoms with Crippen LogP contribution in [-0.2, 0) is 11.2 Å². The molecule has 3 aromatic rings. The molecule has 4 rings (SSSR count).